The van der Waals surface area contributed by atoms with Crippen molar-refractivity contribution in [2.24, 2.45) is 5.92 Å². The number of nitrogens with zero attached hydrogens (tertiary/aromatic N) is 2. The predicted octanol–water partition coefficient (Wildman–Crippen LogP) is 3.65. The minimum absolute atomic E-state index is 0.215. The van der Waals surface area contributed by atoms with Crippen molar-refractivity contribution in [1.29, 1.82) is 0 Å². The molecule has 2 aromatic rings. The molecule has 1 atom stereocenters. The number of ether oxygens (including phenoxy) is 1. The Labute approximate surface area is 122 Å². The van der Waals surface area contributed by atoms with Crippen LogP contribution in [0.4, 0.5) is 4.39 Å². The fourth-order valence-corrected chi connectivity index (χ4v) is 2.98. The predicted molar refractivity (Wildman–Crippen MR) is 77.5 cm³/mol. The van der Waals surface area contributed by atoms with E-state index in [4.69, 9.17) is 16.3 Å². The Morgan fingerprint density at radius 3 is 3.05 bits per heavy atom. The van der Waals surface area contributed by atoms with Gasteiger partial charge in [-0.1, -0.05) is 0 Å². The minimum atomic E-state index is -0.215. The quantitative estimate of drug-likeness (QED) is 0.805. The van der Waals surface area contributed by atoms with Gasteiger partial charge in [-0.05, 0) is 37.3 Å². The number of halogens is 2. The van der Waals surface area contributed by atoms with Crippen molar-refractivity contribution < 1.29 is 9.13 Å². The van der Waals surface area contributed by atoms with Crippen LogP contribution >= 0.6 is 11.6 Å². The first kappa shape index (κ1) is 13.8. The van der Waals surface area contributed by atoms with Crippen LogP contribution in [0.2, 0.25) is 0 Å². The van der Waals surface area contributed by atoms with Gasteiger partial charge in [0.25, 0.3) is 0 Å². The van der Waals surface area contributed by atoms with Crippen molar-refractivity contribution in [3.8, 4) is 0 Å². The van der Waals surface area contributed by atoms with E-state index in [1.54, 1.807) is 6.92 Å². The lowest BCUT2D eigenvalue weighted by Crippen LogP contribution is -2.08. The van der Waals surface area contributed by atoms with E-state index in [2.05, 4.69) is 9.55 Å². The van der Waals surface area contributed by atoms with Crippen LogP contribution in [0.1, 0.15) is 24.2 Å². The first-order chi connectivity index (χ1) is 9.69. The number of benzene rings is 1. The maximum atomic E-state index is 13.6. The molecule has 0 N–H and O–H groups in total. The molecule has 1 aromatic carbocycles. The molecule has 0 radical (unpaired) electrons. The van der Waals surface area contributed by atoms with Gasteiger partial charge in [-0.2, -0.15) is 0 Å². The number of alkyl halides is 1. The highest BCUT2D eigenvalue weighted by molar-refractivity contribution is 6.16. The molecule has 20 heavy (non-hydrogen) atoms. The van der Waals surface area contributed by atoms with E-state index in [-0.39, 0.29) is 5.82 Å². The number of aryl methyl sites for hydroxylation is 2. The van der Waals surface area contributed by atoms with Gasteiger partial charge in [0.05, 0.1) is 16.9 Å². The van der Waals surface area contributed by atoms with Gasteiger partial charge >= 0.3 is 0 Å². The van der Waals surface area contributed by atoms with Crippen LogP contribution in [0.15, 0.2) is 12.1 Å². The van der Waals surface area contributed by atoms with Crippen LogP contribution in [0.3, 0.4) is 0 Å². The topological polar surface area (TPSA) is 27.1 Å². The second-order valence-electron chi connectivity index (χ2n) is 5.42. The lowest BCUT2D eigenvalue weighted by Gasteiger charge is -2.11. The maximum Gasteiger partial charge on any atom is 0.128 e. The van der Waals surface area contributed by atoms with Crippen molar-refractivity contribution in [2.75, 3.05) is 13.2 Å². The minimum Gasteiger partial charge on any atom is -0.381 e. The highest BCUT2D eigenvalue weighted by Crippen LogP contribution is 2.24. The summed E-state index contributed by atoms with van der Waals surface area (Å²) < 4.78 is 21.1. The number of hydrogen-bond acceptors (Lipinski definition) is 2. The average molecular weight is 297 g/mol. The molecular weight excluding hydrogens is 279 g/mol. The number of hydrogen-bond donors (Lipinski definition) is 0. The van der Waals surface area contributed by atoms with Crippen LogP contribution in [0, 0.1) is 18.7 Å². The van der Waals surface area contributed by atoms with Crippen molar-refractivity contribution in [3.05, 3.63) is 29.3 Å². The van der Waals surface area contributed by atoms with Gasteiger partial charge in [-0.15, -0.1) is 11.6 Å². The van der Waals surface area contributed by atoms with E-state index in [1.165, 1.54) is 6.07 Å². The summed E-state index contributed by atoms with van der Waals surface area (Å²) in [6.45, 7) is 4.34. The highest BCUT2D eigenvalue weighted by Gasteiger charge is 2.18. The second-order valence-corrected chi connectivity index (χ2v) is 5.69. The monoisotopic (exact) mass is 296 g/mol. The first-order valence-corrected chi connectivity index (χ1v) is 7.51. The van der Waals surface area contributed by atoms with Gasteiger partial charge < -0.3 is 9.30 Å². The molecule has 1 saturated heterocycles. The van der Waals surface area contributed by atoms with Crippen molar-refractivity contribution in [3.63, 3.8) is 0 Å². The number of rotatable bonds is 4. The Morgan fingerprint density at radius 1 is 1.50 bits per heavy atom. The number of aromatic nitrogens is 2. The summed E-state index contributed by atoms with van der Waals surface area (Å²) in [5, 5.41) is 0. The molecule has 0 spiro atoms. The molecule has 5 heteroatoms. The Balaban J connectivity index is 1.92. The zero-order valence-electron chi connectivity index (χ0n) is 11.5. The third-order valence-electron chi connectivity index (χ3n) is 4.01. The van der Waals surface area contributed by atoms with E-state index < -0.39 is 0 Å². The Hall–Kier alpha value is -1.13. The fraction of sp³-hybridized carbons (Fsp3) is 0.533. The molecule has 0 amide bonds. The Bertz CT molecular complexity index is 620. The molecule has 1 aliphatic rings. The summed E-state index contributed by atoms with van der Waals surface area (Å²) in [4.78, 5) is 4.44. The van der Waals surface area contributed by atoms with E-state index in [1.807, 2.05) is 6.07 Å². The third kappa shape index (κ3) is 2.54. The van der Waals surface area contributed by atoms with Crippen molar-refractivity contribution >= 4 is 22.6 Å². The number of fused-ring (bicyclic) bond motifs is 1. The summed E-state index contributed by atoms with van der Waals surface area (Å²) >= 11 is 5.98. The Kier molecular flexibility index (Phi) is 3.94. The Morgan fingerprint density at radius 2 is 2.35 bits per heavy atom. The van der Waals surface area contributed by atoms with Gasteiger partial charge in [-0.25, -0.2) is 9.37 Å². The van der Waals surface area contributed by atoms with Crippen LogP contribution in [-0.4, -0.2) is 22.8 Å². The molecule has 108 valence electrons. The molecule has 3 rings (SSSR count). The third-order valence-corrected chi connectivity index (χ3v) is 4.25. The zero-order valence-corrected chi connectivity index (χ0v) is 12.3. The summed E-state index contributed by atoms with van der Waals surface area (Å²) in [7, 11) is 0. The molecule has 1 aliphatic heterocycles. The van der Waals surface area contributed by atoms with E-state index >= 15 is 0 Å². The van der Waals surface area contributed by atoms with E-state index in [9.17, 15) is 4.39 Å². The highest BCUT2D eigenvalue weighted by atomic mass is 35.5. The van der Waals surface area contributed by atoms with Gasteiger partial charge in [0.2, 0.25) is 0 Å². The zero-order chi connectivity index (χ0) is 14.1. The molecule has 0 bridgehead atoms. The van der Waals surface area contributed by atoms with Crippen LogP contribution in [0.5, 0.6) is 0 Å². The SMILES string of the molecule is Cc1cc2c(cc1F)nc(CCl)n2CCC1CCOC1. The lowest BCUT2D eigenvalue weighted by atomic mass is 10.1. The second kappa shape index (κ2) is 5.70. The molecule has 0 aliphatic carbocycles. The molecule has 3 nitrogen and oxygen atoms in total. The normalized spacial score (nSPS) is 19.1. The van der Waals surface area contributed by atoms with Gasteiger partial charge in [-0.3, -0.25) is 0 Å². The average Bonchev–Trinajstić information content (AvgIpc) is 3.05. The van der Waals surface area contributed by atoms with Gasteiger partial charge in [0, 0.05) is 25.8 Å². The van der Waals surface area contributed by atoms with Crippen molar-refractivity contribution in [1.82, 2.24) is 9.55 Å². The fourth-order valence-electron chi connectivity index (χ4n) is 2.77. The standard InChI is InChI=1S/C15H18ClFN2O/c1-10-6-14-13(7-12(10)17)18-15(8-16)19(14)4-2-11-3-5-20-9-11/h6-7,11H,2-5,8-9H2,1H3. The van der Waals surface area contributed by atoms with E-state index in [0.717, 1.165) is 43.9 Å². The van der Waals surface area contributed by atoms with Crippen molar-refractivity contribution in [2.45, 2.75) is 32.2 Å². The summed E-state index contributed by atoms with van der Waals surface area (Å²) in [6, 6.07) is 3.36. The van der Waals surface area contributed by atoms with Gasteiger partial charge in [0.15, 0.2) is 0 Å². The molecule has 1 unspecified atom stereocenters. The summed E-state index contributed by atoms with van der Waals surface area (Å²) in [6.07, 6.45) is 2.17. The number of imidazole rings is 1. The lowest BCUT2D eigenvalue weighted by molar-refractivity contribution is 0.183. The largest absolute Gasteiger partial charge is 0.381 e. The van der Waals surface area contributed by atoms with Crippen LogP contribution < -0.4 is 0 Å². The first-order valence-electron chi connectivity index (χ1n) is 6.98. The van der Waals surface area contributed by atoms with E-state index in [0.29, 0.717) is 22.9 Å². The van der Waals surface area contributed by atoms with Crippen LogP contribution in [0.25, 0.3) is 11.0 Å². The smallest absolute Gasteiger partial charge is 0.128 e. The maximum absolute atomic E-state index is 13.6. The molecule has 2 heterocycles. The van der Waals surface area contributed by atoms with Gasteiger partial charge in [0.1, 0.15) is 11.6 Å². The molecular formula is C15H18ClFN2O. The molecule has 0 saturated carbocycles. The molecule has 1 aromatic heterocycles. The molecule has 1 fully saturated rings. The summed E-state index contributed by atoms with van der Waals surface area (Å²) in [5.41, 5.74) is 2.30. The summed E-state index contributed by atoms with van der Waals surface area (Å²) in [5.74, 6) is 1.55. The van der Waals surface area contributed by atoms with Crippen LogP contribution in [-0.2, 0) is 17.2 Å².